The third-order valence-corrected chi connectivity index (χ3v) is 2.72. The van der Waals surface area contributed by atoms with Crippen molar-refractivity contribution in [2.45, 2.75) is 23.6 Å². The monoisotopic (exact) mass is 248 g/mol. The molecule has 0 saturated carbocycles. The molecule has 72 valence electrons. The number of allylic oxidation sites excluding steroid dienone is 2. The Morgan fingerprint density at radius 2 is 1.67 bits per heavy atom. The summed E-state index contributed by atoms with van der Waals surface area (Å²) in [5.74, 6) is 0.980. The largest absolute Gasteiger partial charge is 0.125 e. The molecule has 0 aromatic heterocycles. The van der Waals surface area contributed by atoms with Crippen LogP contribution in [0.2, 0.25) is 0 Å². The van der Waals surface area contributed by atoms with Gasteiger partial charge >= 0.3 is 0 Å². The first kappa shape index (κ1) is 12.9. The molecule has 0 aromatic rings. The zero-order chi connectivity index (χ0) is 9.40. The van der Waals surface area contributed by atoms with Crippen LogP contribution >= 0.6 is 46.4 Å². The summed E-state index contributed by atoms with van der Waals surface area (Å²) in [7, 11) is 0. The van der Waals surface area contributed by atoms with Crippen LogP contribution in [0.4, 0.5) is 0 Å². The Kier molecular flexibility index (Phi) is 9.13. The second-order valence-electron chi connectivity index (χ2n) is 2.45. The van der Waals surface area contributed by atoms with Crippen molar-refractivity contribution in [2.24, 2.45) is 0 Å². The summed E-state index contributed by atoms with van der Waals surface area (Å²) < 4.78 is 0. The van der Waals surface area contributed by atoms with Crippen molar-refractivity contribution in [3.8, 4) is 0 Å². The van der Waals surface area contributed by atoms with Crippen molar-refractivity contribution in [3.05, 3.63) is 12.2 Å². The summed E-state index contributed by atoms with van der Waals surface area (Å²) in [5.41, 5.74) is 0. The standard InChI is InChI=1S/C8H12Cl4/c9-4-2-1-3-7(11)5-8(12)6-10/h1-2,7-8H,3-6H2/b2-1+. The van der Waals surface area contributed by atoms with E-state index in [0.29, 0.717) is 11.8 Å². The van der Waals surface area contributed by atoms with Gasteiger partial charge in [-0.05, 0) is 12.8 Å². The Morgan fingerprint density at radius 1 is 1.00 bits per heavy atom. The van der Waals surface area contributed by atoms with Gasteiger partial charge < -0.3 is 0 Å². The van der Waals surface area contributed by atoms with Crippen molar-refractivity contribution in [1.29, 1.82) is 0 Å². The van der Waals surface area contributed by atoms with Gasteiger partial charge in [0.05, 0.1) is 0 Å². The molecule has 4 heteroatoms. The molecule has 0 N–H and O–H groups in total. The Labute approximate surface area is 93.8 Å². The Bertz CT molecular complexity index is 124. The predicted octanol–water partition coefficient (Wildman–Crippen LogP) is 4.02. The van der Waals surface area contributed by atoms with Crippen molar-refractivity contribution in [1.82, 2.24) is 0 Å². The van der Waals surface area contributed by atoms with Gasteiger partial charge in [0.1, 0.15) is 0 Å². The van der Waals surface area contributed by atoms with Crippen LogP contribution in [0.25, 0.3) is 0 Å². The van der Waals surface area contributed by atoms with E-state index in [4.69, 9.17) is 46.4 Å². The smallest absolute Gasteiger partial charge is 0.0485 e. The zero-order valence-electron chi connectivity index (χ0n) is 6.65. The highest BCUT2D eigenvalue weighted by Gasteiger charge is 2.09. The van der Waals surface area contributed by atoms with Crippen LogP contribution in [-0.2, 0) is 0 Å². The summed E-state index contributed by atoms with van der Waals surface area (Å²) in [6.07, 6.45) is 5.37. The van der Waals surface area contributed by atoms with Gasteiger partial charge in [-0.2, -0.15) is 0 Å². The lowest BCUT2D eigenvalue weighted by molar-refractivity contribution is 0.747. The van der Waals surface area contributed by atoms with E-state index >= 15 is 0 Å². The van der Waals surface area contributed by atoms with Gasteiger partial charge in [-0.1, -0.05) is 12.2 Å². The van der Waals surface area contributed by atoms with E-state index in [9.17, 15) is 0 Å². The van der Waals surface area contributed by atoms with E-state index in [1.54, 1.807) is 0 Å². The number of hydrogen-bond acceptors (Lipinski definition) is 0. The fourth-order valence-electron chi connectivity index (χ4n) is 0.744. The van der Waals surface area contributed by atoms with Crippen molar-refractivity contribution >= 4 is 46.4 Å². The molecule has 0 radical (unpaired) electrons. The number of halogens is 4. The highest BCUT2D eigenvalue weighted by atomic mass is 35.5. The van der Waals surface area contributed by atoms with Crippen LogP contribution in [0.5, 0.6) is 0 Å². The second kappa shape index (κ2) is 8.50. The Balaban J connectivity index is 3.45. The van der Waals surface area contributed by atoms with Gasteiger partial charge in [0.15, 0.2) is 0 Å². The topological polar surface area (TPSA) is 0 Å². The van der Waals surface area contributed by atoms with E-state index in [-0.39, 0.29) is 10.8 Å². The second-order valence-corrected chi connectivity index (χ2v) is 4.30. The summed E-state index contributed by atoms with van der Waals surface area (Å²) in [6.45, 7) is 0. The van der Waals surface area contributed by atoms with Crippen molar-refractivity contribution in [3.63, 3.8) is 0 Å². The summed E-state index contributed by atoms with van der Waals surface area (Å²) in [4.78, 5) is 0. The van der Waals surface area contributed by atoms with Gasteiger partial charge in [-0.25, -0.2) is 0 Å². The molecule has 0 aliphatic heterocycles. The van der Waals surface area contributed by atoms with Crippen LogP contribution in [0.1, 0.15) is 12.8 Å². The quantitative estimate of drug-likeness (QED) is 0.493. The zero-order valence-corrected chi connectivity index (χ0v) is 9.67. The molecule has 0 amide bonds. The van der Waals surface area contributed by atoms with Gasteiger partial charge in [0.25, 0.3) is 0 Å². The third kappa shape index (κ3) is 7.54. The molecule has 0 aromatic carbocycles. The van der Waals surface area contributed by atoms with E-state index in [0.717, 1.165) is 12.8 Å². The molecule has 0 fully saturated rings. The Morgan fingerprint density at radius 3 is 2.17 bits per heavy atom. The van der Waals surface area contributed by atoms with Crippen LogP contribution in [0.15, 0.2) is 12.2 Å². The first-order valence-corrected chi connectivity index (χ1v) is 5.70. The van der Waals surface area contributed by atoms with E-state index in [1.165, 1.54) is 0 Å². The molecule has 0 rings (SSSR count). The molecule has 2 atom stereocenters. The normalized spacial score (nSPS) is 16.7. The molecule has 0 aliphatic rings. The maximum Gasteiger partial charge on any atom is 0.0485 e. The molecule has 0 nitrogen and oxygen atoms in total. The fraction of sp³-hybridized carbons (Fsp3) is 0.750. The van der Waals surface area contributed by atoms with Crippen LogP contribution in [0, 0.1) is 0 Å². The lowest BCUT2D eigenvalue weighted by Crippen LogP contribution is -2.08. The summed E-state index contributed by atoms with van der Waals surface area (Å²) >= 11 is 22.7. The third-order valence-electron chi connectivity index (χ3n) is 1.33. The SMILES string of the molecule is ClC/C=C/CC(Cl)CC(Cl)CCl. The number of alkyl halides is 4. The molecule has 0 heterocycles. The fourth-order valence-corrected chi connectivity index (χ4v) is 1.62. The minimum atomic E-state index is -0.0291. The Hall–Kier alpha value is 0.900. The van der Waals surface area contributed by atoms with Gasteiger partial charge in [0, 0.05) is 22.5 Å². The molecule has 0 aliphatic carbocycles. The van der Waals surface area contributed by atoms with Crippen LogP contribution in [0.3, 0.4) is 0 Å². The minimum absolute atomic E-state index is 0.0291. The maximum absolute atomic E-state index is 5.95. The molecule has 12 heavy (non-hydrogen) atoms. The average molecular weight is 250 g/mol. The molecule has 2 unspecified atom stereocenters. The minimum Gasteiger partial charge on any atom is -0.125 e. The molecular formula is C8H12Cl4. The molecule has 0 saturated heterocycles. The van der Waals surface area contributed by atoms with Crippen LogP contribution in [-0.4, -0.2) is 22.5 Å². The van der Waals surface area contributed by atoms with Crippen molar-refractivity contribution in [2.75, 3.05) is 11.8 Å². The summed E-state index contributed by atoms with van der Waals surface area (Å²) in [6, 6.07) is 0. The lowest BCUT2D eigenvalue weighted by Gasteiger charge is -2.09. The van der Waals surface area contributed by atoms with Crippen LogP contribution < -0.4 is 0 Å². The van der Waals surface area contributed by atoms with Crippen molar-refractivity contribution < 1.29 is 0 Å². The van der Waals surface area contributed by atoms with Gasteiger partial charge in [0.2, 0.25) is 0 Å². The van der Waals surface area contributed by atoms with Gasteiger partial charge in [-0.3, -0.25) is 0 Å². The molecule has 0 spiro atoms. The summed E-state index contributed by atoms with van der Waals surface area (Å²) in [5, 5.41) is 0.0317. The molecular weight excluding hydrogens is 238 g/mol. The first-order valence-electron chi connectivity index (χ1n) is 3.75. The average Bonchev–Trinajstić information content (AvgIpc) is 2.05. The highest BCUT2D eigenvalue weighted by molar-refractivity contribution is 6.28. The molecule has 0 bridgehead atoms. The first-order chi connectivity index (χ1) is 5.70. The maximum atomic E-state index is 5.95. The van der Waals surface area contributed by atoms with E-state index in [2.05, 4.69) is 0 Å². The lowest BCUT2D eigenvalue weighted by atomic mass is 10.2. The van der Waals surface area contributed by atoms with E-state index < -0.39 is 0 Å². The van der Waals surface area contributed by atoms with E-state index in [1.807, 2.05) is 12.2 Å². The van der Waals surface area contributed by atoms with Gasteiger partial charge in [-0.15, -0.1) is 46.4 Å². The number of hydrogen-bond donors (Lipinski definition) is 0. The number of rotatable bonds is 6. The highest BCUT2D eigenvalue weighted by Crippen LogP contribution is 2.15. The predicted molar refractivity (Wildman–Crippen MR) is 59.1 cm³/mol.